The molecule has 3 N–H and O–H groups in total. The summed E-state index contributed by atoms with van der Waals surface area (Å²) in [4.78, 5) is 0. The lowest BCUT2D eigenvalue weighted by atomic mass is 10.1. The molecule has 0 aromatic heterocycles. The molecule has 2 nitrogen and oxygen atoms in total. The summed E-state index contributed by atoms with van der Waals surface area (Å²) in [7, 11) is 0. The topological polar surface area (TPSA) is 38.0 Å². The number of nitrogens with one attached hydrogen (secondary N) is 1. The molecule has 0 amide bonds. The van der Waals surface area contributed by atoms with Crippen LogP contribution < -0.4 is 11.1 Å². The molecule has 0 aliphatic rings. The molecule has 2 aromatic rings. The lowest BCUT2D eigenvalue weighted by Crippen LogP contribution is -2.09. The summed E-state index contributed by atoms with van der Waals surface area (Å²) in [5, 5.41) is 3.11. The lowest BCUT2D eigenvalue weighted by molar-refractivity contribution is 0.621. The third-order valence-electron chi connectivity index (χ3n) is 2.83. The van der Waals surface area contributed by atoms with Crippen LogP contribution in [0.2, 0.25) is 0 Å². The van der Waals surface area contributed by atoms with Gasteiger partial charge in [-0.1, -0.05) is 12.1 Å². The van der Waals surface area contributed by atoms with E-state index in [0.717, 1.165) is 5.56 Å². The van der Waals surface area contributed by atoms with Gasteiger partial charge in [0.15, 0.2) is 0 Å². The fourth-order valence-electron chi connectivity index (χ4n) is 1.76. The Labute approximate surface area is 118 Å². The van der Waals surface area contributed by atoms with Crippen LogP contribution in [0.5, 0.6) is 0 Å². The van der Waals surface area contributed by atoms with Crippen molar-refractivity contribution in [2.75, 3.05) is 11.1 Å². The molecule has 100 valence electrons. The molecule has 1 atom stereocenters. The molecule has 19 heavy (non-hydrogen) atoms. The van der Waals surface area contributed by atoms with E-state index >= 15 is 0 Å². The number of rotatable bonds is 3. The number of nitrogens with two attached hydrogens (primary N) is 1. The highest BCUT2D eigenvalue weighted by Crippen LogP contribution is 2.29. The maximum absolute atomic E-state index is 13.5. The van der Waals surface area contributed by atoms with E-state index in [1.807, 2.05) is 6.92 Å². The first-order valence-electron chi connectivity index (χ1n) is 5.74. The van der Waals surface area contributed by atoms with E-state index in [2.05, 4.69) is 21.2 Å². The van der Waals surface area contributed by atoms with Gasteiger partial charge in [-0.05, 0) is 46.6 Å². The Morgan fingerprint density at radius 1 is 1.16 bits per heavy atom. The average Bonchev–Trinajstić information content (AvgIpc) is 2.36. The first kappa shape index (κ1) is 13.8. The van der Waals surface area contributed by atoms with Crippen molar-refractivity contribution in [2.45, 2.75) is 13.0 Å². The minimum atomic E-state index is -0.386. The van der Waals surface area contributed by atoms with Crippen LogP contribution in [0.25, 0.3) is 0 Å². The van der Waals surface area contributed by atoms with Crippen LogP contribution in [0.4, 0.5) is 20.2 Å². The van der Waals surface area contributed by atoms with Crippen LogP contribution in [-0.2, 0) is 0 Å². The van der Waals surface area contributed by atoms with E-state index in [4.69, 9.17) is 5.73 Å². The summed E-state index contributed by atoms with van der Waals surface area (Å²) in [6, 6.07) is 8.87. The predicted octanol–water partition coefficient (Wildman–Crippen LogP) is 4.48. The largest absolute Gasteiger partial charge is 0.397 e. The summed E-state index contributed by atoms with van der Waals surface area (Å²) < 4.78 is 26.6. The van der Waals surface area contributed by atoms with Crippen LogP contribution >= 0.6 is 15.9 Å². The van der Waals surface area contributed by atoms with Crippen molar-refractivity contribution in [1.29, 1.82) is 0 Å². The number of nitrogen functional groups attached to an aromatic ring is 1. The monoisotopic (exact) mass is 326 g/mol. The second-order valence-electron chi connectivity index (χ2n) is 4.27. The number of halogens is 3. The number of hydrogen-bond donors (Lipinski definition) is 2. The van der Waals surface area contributed by atoms with Crippen molar-refractivity contribution in [3.63, 3.8) is 0 Å². The van der Waals surface area contributed by atoms with Crippen molar-refractivity contribution in [1.82, 2.24) is 0 Å². The van der Waals surface area contributed by atoms with Crippen molar-refractivity contribution >= 4 is 27.3 Å². The smallest absolute Gasteiger partial charge is 0.139 e. The van der Waals surface area contributed by atoms with Crippen LogP contribution in [0.1, 0.15) is 18.5 Å². The molecule has 2 rings (SSSR count). The highest BCUT2D eigenvalue weighted by molar-refractivity contribution is 9.10. The number of anilines is 2. The van der Waals surface area contributed by atoms with E-state index in [0.29, 0.717) is 15.8 Å². The fourth-order valence-corrected chi connectivity index (χ4v) is 2.12. The Balaban J connectivity index is 2.21. The Bertz CT molecular complexity index is 585. The molecule has 0 bridgehead atoms. The van der Waals surface area contributed by atoms with E-state index in [1.54, 1.807) is 12.1 Å². The van der Waals surface area contributed by atoms with Gasteiger partial charge in [0.05, 0.1) is 15.8 Å². The predicted molar refractivity (Wildman–Crippen MR) is 77.0 cm³/mol. The maximum Gasteiger partial charge on any atom is 0.139 e. The van der Waals surface area contributed by atoms with Gasteiger partial charge in [0.25, 0.3) is 0 Å². The molecule has 5 heteroatoms. The highest BCUT2D eigenvalue weighted by atomic mass is 79.9. The fraction of sp³-hybridized carbons (Fsp3) is 0.143. The molecule has 0 fully saturated rings. The van der Waals surface area contributed by atoms with E-state index in [1.165, 1.54) is 24.3 Å². The molecule has 0 unspecified atom stereocenters. The van der Waals surface area contributed by atoms with Gasteiger partial charge in [-0.3, -0.25) is 0 Å². The van der Waals surface area contributed by atoms with Gasteiger partial charge in [-0.2, -0.15) is 0 Å². The zero-order chi connectivity index (χ0) is 14.0. The van der Waals surface area contributed by atoms with Gasteiger partial charge in [-0.25, -0.2) is 8.78 Å². The Kier molecular flexibility index (Phi) is 4.04. The third-order valence-corrected chi connectivity index (χ3v) is 3.44. The van der Waals surface area contributed by atoms with Crippen LogP contribution in [0, 0.1) is 11.6 Å². The summed E-state index contributed by atoms with van der Waals surface area (Å²) in [5.74, 6) is -0.673. The summed E-state index contributed by atoms with van der Waals surface area (Å²) >= 11 is 3.07. The highest BCUT2D eigenvalue weighted by Gasteiger charge is 2.10. The molecule has 0 saturated carbocycles. The zero-order valence-corrected chi connectivity index (χ0v) is 11.8. The van der Waals surface area contributed by atoms with Gasteiger partial charge >= 0.3 is 0 Å². The van der Waals surface area contributed by atoms with Crippen molar-refractivity contribution in [3.8, 4) is 0 Å². The molecule has 0 aliphatic heterocycles. The molecule has 2 aromatic carbocycles. The Hall–Kier alpha value is -1.62. The Morgan fingerprint density at radius 3 is 2.42 bits per heavy atom. The lowest BCUT2D eigenvalue weighted by Gasteiger charge is -2.17. The van der Waals surface area contributed by atoms with Gasteiger partial charge < -0.3 is 11.1 Å². The van der Waals surface area contributed by atoms with Crippen molar-refractivity contribution < 1.29 is 8.78 Å². The third kappa shape index (κ3) is 3.23. The molecule has 0 aliphatic carbocycles. The SMILES string of the molecule is C[C@H](Nc1cc(F)c(Br)cc1N)c1ccc(F)cc1. The number of hydrogen-bond acceptors (Lipinski definition) is 2. The molecule has 0 heterocycles. The normalized spacial score (nSPS) is 12.2. The van der Waals surface area contributed by atoms with Crippen LogP contribution in [-0.4, -0.2) is 0 Å². The second-order valence-corrected chi connectivity index (χ2v) is 5.13. The summed E-state index contributed by atoms with van der Waals surface area (Å²) in [5.41, 5.74) is 7.67. The van der Waals surface area contributed by atoms with Gasteiger partial charge in [0.2, 0.25) is 0 Å². The Morgan fingerprint density at radius 2 is 1.79 bits per heavy atom. The maximum atomic E-state index is 13.5. The molecule has 0 radical (unpaired) electrons. The van der Waals surface area contributed by atoms with Crippen molar-refractivity contribution in [2.24, 2.45) is 0 Å². The second kappa shape index (κ2) is 5.57. The van der Waals surface area contributed by atoms with E-state index in [9.17, 15) is 8.78 Å². The first-order valence-corrected chi connectivity index (χ1v) is 6.53. The number of benzene rings is 2. The molecule has 0 spiro atoms. The minimum absolute atomic E-state index is 0.108. The first-order chi connectivity index (χ1) is 8.97. The van der Waals surface area contributed by atoms with Crippen LogP contribution in [0.3, 0.4) is 0 Å². The summed E-state index contributed by atoms with van der Waals surface area (Å²) in [6.07, 6.45) is 0. The standard InChI is InChI=1S/C14H13BrF2N2/c1-8(9-2-4-10(16)5-3-9)19-14-7-12(17)11(15)6-13(14)18/h2-8,19H,18H2,1H3/t8-/m0/s1. The minimum Gasteiger partial charge on any atom is -0.397 e. The van der Waals surface area contributed by atoms with Crippen molar-refractivity contribution in [3.05, 3.63) is 58.1 Å². The zero-order valence-electron chi connectivity index (χ0n) is 10.3. The summed E-state index contributed by atoms with van der Waals surface area (Å²) in [6.45, 7) is 1.90. The van der Waals surface area contributed by atoms with E-state index in [-0.39, 0.29) is 17.7 Å². The van der Waals surface area contributed by atoms with Gasteiger partial charge in [-0.15, -0.1) is 0 Å². The molecular weight excluding hydrogens is 314 g/mol. The molecular formula is C14H13BrF2N2. The van der Waals surface area contributed by atoms with Gasteiger partial charge in [0, 0.05) is 12.1 Å². The average molecular weight is 327 g/mol. The van der Waals surface area contributed by atoms with E-state index < -0.39 is 0 Å². The van der Waals surface area contributed by atoms with Gasteiger partial charge in [0.1, 0.15) is 11.6 Å². The molecule has 0 saturated heterocycles. The van der Waals surface area contributed by atoms with Crippen LogP contribution in [0.15, 0.2) is 40.9 Å². The quantitative estimate of drug-likeness (QED) is 0.816.